The first-order chi connectivity index (χ1) is 12.8. The summed E-state index contributed by atoms with van der Waals surface area (Å²) in [5.74, 6) is 0.993. The number of anilines is 1. The van der Waals surface area contributed by atoms with E-state index >= 15 is 0 Å². The zero-order valence-corrected chi connectivity index (χ0v) is 16.3. The highest BCUT2D eigenvalue weighted by Gasteiger charge is 2.44. The molecule has 0 fully saturated rings. The van der Waals surface area contributed by atoms with E-state index in [9.17, 15) is 4.79 Å². The van der Waals surface area contributed by atoms with Crippen molar-refractivity contribution in [3.8, 4) is 11.4 Å². The lowest BCUT2D eigenvalue weighted by Gasteiger charge is -2.40. The van der Waals surface area contributed by atoms with Crippen molar-refractivity contribution in [3.63, 3.8) is 0 Å². The number of para-hydroxylation sites is 1. The minimum atomic E-state index is -0.773. The van der Waals surface area contributed by atoms with Gasteiger partial charge in [0.1, 0.15) is 5.82 Å². The molecule has 0 unspecified atom stereocenters. The fourth-order valence-electron chi connectivity index (χ4n) is 2.76. The number of esters is 1. The molecule has 2 aromatic heterocycles. The van der Waals surface area contributed by atoms with E-state index in [1.54, 1.807) is 12.4 Å². The maximum atomic E-state index is 12.3. The largest absolute Gasteiger partial charge is 0.469 e. The van der Waals surface area contributed by atoms with Gasteiger partial charge in [0.25, 0.3) is 0 Å². The third-order valence-corrected chi connectivity index (χ3v) is 5.23. The number of rotatable bonds is 5. The third kappa shape index (κ3) is 3.47. The normalized spacial score (nSPS) is 12.0. The van der Waals surface area contributed by atoms with E-state index in [2.05, 4.69) is 15.3 Å². The summed E-state index contributed by atoms with van der Waals surface area (Å²) in [6, 6.07) is 11.6. The number of hydrogen-bond donors (Lipinski definition) is 1. The first-order valence-electron chi connectivity index (χ1n) is 8.80. The molecule has 0 spiro atoms. The van der Waals surface area contributed by atoms with Crippen LogP contribution in [0.1, 0.15) is 27.7 Å². The van der Waals surface area contributed by atoms with Crippen LogP contribution in [-0.4, -0.2) is 33.6 Å². The van der Waals surface area contributed by atoms with Gasteiger partial charge in [0.2, 0.25) is 0 Å². The van der Waals surface area contributed by atoms with E-state index in [1.165, 1.54) is 7.11 Å². The van der Waals surface area contributed by atoms with E-state index < -0.39 is 11.0 Å². The van der Waals surface area contributed by atoms with Crippen LogP contribution in [0, 0.1) is 5.41 Å². The van der Waals surface area contributed by atoms with Crippen LogP contribution in [0.2, 0.25) is 0 Å². The van der Waals surface area contributed by atoms with Crippen LogP contribution in [0.15, 0.2) is 48.8 Å². The molecule has 3 aromatic rings. The summed E-state index contributed by atoms with van der Waals surface area (Å²) in [4.78, 5) is 25.8. The molecule has 0 aliphatic carbocycles. The van der Waals surface area contributed by atoms with Crippen molar-refractivity contribution in [1.82, 2.24) is 15.0 Å². The zero-order valence-electron chi connectivity index (χ0n) is 16.3. The average Bonchev–Trinajstić information content (AvgIpc) is 2.67. The van der Waals surface area contributed by atoms with Gasteiger partial charge in [0, 0.05) is 28.9 Å². The van der Waals surface area contributed by atoms with E-state index in [0.29, 0.717) is 11.6 Å². The molecule has 0 saturated heterocycles. The predicted octanol–water partition coefficient (Wildman–Crippen LogP) is 4.08. The molecular weight excluding hydrogens is 340 g/mol. The van der Waals surface area contributed by atoms with Gasteiger partial charge >= 0.3 is 5.97 Å². The van der Waals surface area contributed by atoms with Gasteiger partial charge < -0.3 is 10.1 Å². The molecule has 27 heavy (non-hydrogen) atoms. The first kappa shape index (κ1) is 18.8. The molecule has 1 N–H and O–H groups in total. The minimum Gasteiger partial charge on any atom is -0.469 e. The molecule has 0 saturated carbocycles. The van der Waals surface area contributed by atoms with Crippen LogP contribution < -0.4 is 5.32 Å². The number of nitrogens with one attached hydrogen (secondary N) is 1. The smallest absolute Gasteiger partial charge is 0.313 e. The Kier molecular flexibility index (Phi) is 4.83. The number of benzene rings is 1. The standard InChI is InChI=1S/C21H24N4O2/c1-20(2,19(26)27-5)21(3,4)25-18-15-8-6-7-9-16(15)23-17(24-18)14-10-12-22-13-11-14/h6-13H,1-5H3,(H,23,24,25). The monoisotopic (exact) mass is 364 g/mol. The number of nitrogens with zero attached hydrogens (tertiary/aromatic N) is 3. The molecule has 0 bridgehead atoms. The zero-order chi connectivity index (χ0) is 19.7. The second-order valence-electron chi connectivity index (χ2n) is 7.52. The summed E-state index contributed by atoms with van der Waals surface area (Å²) < 4.78 is 5.00. The number of methoxy groups -OCH3 is 1. The van der Waals surface area contributed by atoms with Crippen molar-refractivity contribution >= 4 is 22.7 Å². The van der Waals surface area contributed by atoms with Crippen molar-refractivity contribution in [2.24, 2.45) is 5.41 Å². The summed E-state index contributed by atoms with van der Waals surface area (Å²) in [7, 11) is 1.40. The van der Waals surface area contributed by atoms with Crippen molar-refractivity contribution in [3.05, 3.63) is 48.8 Å². The molecule has 0 radical (unpaired) electrons. The lowest BCUT2D eigenvalue weighted by atomic mass is 9.74. The summed E-state index contributed by atoms with van der Waals surface area (Å²) in [5, 5.41) is 4.35. The Morgan fingerprint density at radius 1 is 1.00 bits per heavy atom. The highest BCUT2D eigenvalue weighted by atomic mass is 16.5. The summed E-state index contributed by atoms with van der Waals surface area (Å²) >= 11 is 0. The van der Waals surface area contributed by atoms with E-state index in [0.717, 1.165) is 16.5 Å². The Hall–Kier alpha value is -3.02. The highest BCUT2D eigenvalue weighted by Crippen LogP contribution is 2.36. The van der Waals surface area contributed by atoms with Crippen LogP contribution in [0.5, 0.6) is 0 Å². The fourth-order valence-corrected chi connectivity index (χ4v) is 2.76. The van der Waals surface area contributed by atoms with Crippen molar-refractivity contribution in [2.45, 2.75) is 33.2 Å². The molecule has 6 nitrogen and oxygen atoms in total. The Labute approximate surface area is 159 Å². The minimum absolute atomic E-state index is 0.285. The second kappa shape index (κ2) is 6.95. The highest BCUT2D eigenvalue weighted by molar-refractivity contribution is 5.91. The van der Waals surface area contributed by atoms with Gasteiger partial charge in [-0.15, -0.1) is 0 Å². The quantitative estimate of drug-likeness (QED) is 0.687. The molecule has 0 aliphatic heterocycles. The molecule has 140 valence electrons. The molecule has 0 aliphatic rings. The third-order valence-electron chi connectivity index (χ3n) is 5.23. The van der Waals surface area contributed by atoms with Gasteiger partial charge in [-0.2, -0.15) is 0 Å². The summed E-state index contributed by atoms with van der Waals surface area (Å²) in [5.41, 5.74) is 0.314. The van der Waals surface area contributed by atoms with E-state index in [4.69, 9.17) is 9.72 Å². The average molecular weight is 364 g/mol. The molecule has 0 amide bonds. The summed E-state index contributed by atoms with van der Waals surface area (Å²) in [6.07, 6.45) is 3.43. The first-order valence-corrected chi connectivity index (χ1v) is 8.80. The number of pyridine rings is 1. The Morgan fingerprint density at radius 3 is 2.33 bits per heavy atom. The van der Waals surface area contributed by atoms with E-state index in [1.807, 2.05) is 64.1 Å². The summed E-state index contributed by atoms with van der Waals surface area (Å²) in [6.45, 7) is 7.65. The SMILES string of the molecule is COC(=O)C(C)(C)C(C)(C)Nc1nc(-c2ccncc2)nc2ccccc12. The van der Waals surface area contributed by atoms with Crippen LogP contribution in [0.4, 0.5) is 5.82 Å². The number of aromatic nitrogens is 3. The van der Waals surface area contributed by atoms with Gasteiger partial charge in [-0.05, 0) is 52.0 Å². The molecule has 6 heteroatoms. The fraction of sp³-hybridized carbons (Fsp3) is 0.333. The molecule has 2 heterocycles. The molecular formula is C21H24N4O2. The Balaban J connectivity index is 2.12. The van der Waals surface area contributed by atoms with Crippen molar-refractivity contribution in [2.75, 3.05) is 12.4 Å². The maximum absolute atomic E-state index is 12.3. The van der Waals surface area contributed by atoms with Crippen LogP contribution in [0.3, 0.4) is 0 Å². The Morgan fingerprint density at radius 2 is 1.67 bits per heavy atom. The number of ether oxygens (including phenoxy) is 1. The Bertz CT molecular complexity index is 968. The molecule has 0 atom stereocenters. The van der Waals surface area contributed by atoms with Crippen LogP contribution in [-0.2, 0) is 9.53 Å². The van der Waals surface area contributed by atoms with Gasteiger partial charge in [0.05, 0.1) is 18.0 Å². The van der Waals surface area contributed by atoms with Crippen molar-refractivity contribution < 1.29 is 9.53 Å². The lowest BCUT2D eigenvalue weighted by Crippen LogP contribution is -2.51. The van der Waals surface area contributed by atoms with Gasteiger partial charge in [-0.1, -0.05) is 12.1 Å². The van der Waals surface area contributed by atoms with Crippen LogP contribution in [0.25, 0.3) is 22.3 Å². The maximum Gasteiger partial charge on any atom is 0.313 e. The van der Waals surface area contributed by atoms with E-state index in [-0.39, 0.29) is 5.97 Å². The number of fused-ring (bicyclic) bond motifs is 1. The number of hydrogen-bond acceptors (Lipinski definition) is 6. The van der Waals surface area contributed by atoms with Crippen LogP contribution >= 0.6 is 0 Å². The van der Waals surface area contributed by atoms with Crippen molar-refractivity contribution in [1.29, 1.82) is 0 Å². The van der Waals surface area contributed by atoms with Gasteiger partial charge in [-0.25, -0.2) is 9.97 Å². The molecule has 3 rings (SSSR count). The topological polar surface area (TPSA) is 77.0 Å². The molecule has 1 aromatic carbocycles. The van der Waals surface area contributed by atoms with Gasteiger partial charge in [-0.3, -0.25) is 9.78 Å². The predicted molar refractivity (Wildman–Crippen MR) is 106 cm³/mol. The number of carbonyl (C=O) groups excluding carboxylic acids is 1. The second-order valence-corrected chi connectivity index (χ2v) is 7.52. The van der Waals surface area contributed by atoms with Gasteiger partial charge in [0.15, 0.2) is 5.82 Å². The lowest BCUT2D eigenvalue weighted by molar-refractivity contribution is -0.153. The number of carbonyl (C=O) groups is 1.